The van der Waals surface area contributed by atoms with Crippen LogP contribution in [0.15, 0.2) is 48.7 Å². The normalized spacial score (nSPS) is 17.5. The Morgan fingerprint density at radius 3 is 2.89 bits per heavy atom. The maximum atomic E-state index is 12.4. The molecule has 1 N–H and O–H groups in total. The van der Waals surface area contributed by atoms with Gasteiger partial charge in [-0.2, -0.15) is 0 Å². The van der Waals surface area contributed by atoms with Crippen molar-refractivity contribution in [2.24, 2.45) is 0 Å². The molecule has 1 saturated heterocycles. The highest BCUT2D eigenvalue weighted by Crippen LogP contribution is 2.25. The standard InChI is InChI=1S/C21H25N5O2/c1-28-18-9-7-16(8-10-18)13-22-20(27)15-25-11-4-5-17(14-25)21-24-23-19-6-2-3-12-26(19)21/h2-3,6-10,12,17H,4-5,11,13-15H2,1H3,(H,22,27)/t17-/m0/s1. The van der Waals surface area contributed by atoms with Crippen LogP contribution in [0.25, 0.3) is 5.65 Å². The molecule has 1 aliphatic heterocycles. The molecule has 0 bridgehead atoms. The number of pyridine rings is 1. The smallest absolute Gasteiger partial charge is 0.234 e. The van der Waals surface area contributed by atoms with Crippen LogP contribution in [0.4, 0.5) is 0 Å². The third-order valence-corrected chi connectivity index (χ3v) is 5.23. The SMILES string of the molecule is COc1ccc(CNC(=O)CN2CCC[C@H](c3nnc4ccccn34)C2)cc1. The van der Waals surface area contributed by atoms with E-state index in [0.717, 1.165) is 48.7 Å². The van der Waals surface area contributed by atoms with Crippen molar-refractivity contribution in [3.63, 3.8) is 0 Å². The van der Waals surface area contributed by atoms with Gasteiger partial charge in [0.05, 0.1) is 13.7 Å². The molecular weight excluding hydrogens is 354 g/mol. The molecule has 1 fully saturated rings. The van der Waals surface area contributed by atoms with Gasteiger partial charge in [-0.25, -0.2) is 0 Å². The topological polar surface area (TPSA) is 71.8 Å². The van der Waals surface area contributed by atoms with Crippen molar-refractivity contribution in [1.29, 1.82) is 0 Å². The van der Waals surface area contributed by atoms with E-state index in [1.54, 1.807) is 7.11 Å². The van der Waals surface area contributed by atoms with E-state index in [9.17, 15) is 4.79 Å². The van der Waals surface area contributed by atoms with Gasteiger partial charge in [-0.3, -0.25) is 14.1 Å². The quantitative estimate of drug-likeness (QED) is 0.711. The van der Waals surface area contributed by atoms with Gasteiger partial charge in [0, 0.05) is 25.2 Å². The molecule has 7 nitrogen and oxygen atoms in total. The number of ether oxygens (including phenoxy) is 1. The van der Waals surface area contributed by atoms with Crippen molar-refractivity contribution < 1.29 is 9.53 Å². The average molecular weight is 379 g/mol. The van der Waals surface area contributed by atoms with Crippen LogP contribution in [0.3, 0.4) is 0 Å². The average Bonchev–Trinajstić information content (AvgIpc) is 3.17. The summed E-state index contributed by atoms with van der Waals surface area (Å²) in [6, 6.07) is 13.7. The molecule has 1 amide bonds. The van der Waals surface area contributed by atoms with Crippen LogP contribution in [-0.4, -0.2) is 52.1 Å². The predicted molar refractivity (Wildman–Crippen MR) is 106 cm³/mol. The van der Waals surface area contributed by atoms with Gasteiger partial charge in [-0.15, -0.1) is 10.2 Å². The summed E-state index contributed by atoms with van der Waals surface area (Å²) in [5.74, 6) is 2.14. The molecular formula is C21H25N5O2. The second-order valence-electron chi connectivity index (χ2n) is 7.19. The number of hydrogen-bond acceptors (Lipinski definition) is 5. The second-order valence-corrected chi connectivity index (χ2v) is 7.19. The minimum atomic E-state index is 0.0440. The van der Waals surface area contributed by atoms with E-state index in [-0.39, 0.29) is 5.91 Å². The molecule has 0 aliphatic carbocycles. The molecule has 2 aromatic heterocycles. The number of carbonyl (C=O) groups excluding carboxylic acids is 1. The van der Waals surface area contributed by atoms with E-state index in [4.69, 9.17) is 4.74 Å². The zero-order valence-corrected chi connectivity index (χ0v) is 16.0. The summed E-state index contributed by atoms with van der Waals surface area (Å²) in [5.41, 5.74) is 1.92. The van der Waals surface area contributed by atoms with Gasteiger partial charge in [-0.1, -0.05) is 18.2 Å². The third kappa shape index (κ3) is 4.14. The van der Waals surface area contributed by atoms with E-state index in [0.29, 0.717) is 19.0 Å². The fourth-order valence-corrected chi connectivity index (χ4v) is 3.75. The fraction of sp³-hybridized carbons (Fsp3) is 0.381. The number of benzene rings is 1. The van der Waals surface area contributed by atoms with E-state index in [1.807, 2.05) is 48.7 Å². The Labute approximate surface area is 164 Å². The van der Waals surface area contributed by atoms with Crippen LogP contribution in [0, 0.1) is 0 Å². The summed E-state index contributed by atoms with van der Waals surface area (Å²) in [6.07, 6.45) is 4.13. The number of nitrogens with one attached hydrogen (secondary N) is 1. The molecule has 1 aromatic carbocycles. The van der Waals surface area contributed by atoms with Gasteiger partial charge < -0.3 is 10.1 Å². The monoisotopic (exact) mass is 379 g/mol. The number of nitrogens with zero attached hydrogens (tertiary/aromatic N) is 4. The van der Waals surface area contributed by atoms with Crippen LogP contribution in [0.5, 0.6) is 5.75 Å². The van der Waals surface area contributed by atoms with E-state index in [1.165, 1.54) is 0 Å². The first-order chi connectivity index (χ1) is 13.7. The lowest BCUT2D eigenvalue weighted by atomic mass is 9.97. The highest BCUT2D eigenvalue weighted by molar-refractivity contribution is 5.78. The number of rotatable bonds is 6. The van der Waals surface area contributed by atoms with Gasteiger partial charge in [0.25, 0.3) is 0 Å². The van der Waals surface area contributed by atoms with Crippen molar-refractivity contribution in [3.05, 3.63) is 60.0 Å². The number of hydrogen-bond donors (Lipinski definition) is 1. The number of likely N-dealkylation sites (tertiary alicyclic amines) is 1. The lowest BCUT2D eigenvalue weighted by Gasteiger charge is -2.31. The number of aromatic nitrogens is 3. The number of fused-ring (bicyclic) bond motifs is 1. The number of amides is 1. The van der Waals surface area contributed by atoms with Crippen molar-refractivity contribution in [2.45, 2.75) is 25.3 Å². The van der Waals surface area contributed by atoms with Gasteiger partial charge in [0.15, 0.2) is 5.65 Å². The minimum Gasteiger partial charge on any atom is -0.497 e. The molecule has 1 aliphatic rings. The molecule has 4 rings (SSSR count). The molecule has 7 heteroatoms. The summed E-state index contributed by atoms with van der Waals surface area (Å²) >= 11 is 0. The summed E-state index contributed by atoms with van der Waals surface area (Å²) < 4.78 is 7.21. The number of methoxy groups -OCH3 is 1. The Morgan fingerprint density at radius 2 is 2.07 bits per heavy atom. The maximum absolute atomic E-state index is 12.4. The fourth-order valence-electron chi connectivity index (χ4n) is 3.75. The van der Waals surface area contributed by atoms with Gasteiger partial charge in [0.2, 0.25) is 5.91 Å². The van der Waals surface area contributed by atoms with Crippen LogP contribution < -0.4 is 10.1 Å². The Hall–Kier alpha value is -2.93. The van der Waals surface area contributed by atoms with Gasteiger partial charge >= 0.3 is 0 Å². The first kappa shape index (κ1) is 18.4. The third-order valence-electron chi connectivity index (χ3n) is 5.23. The van der Waals surface area contributed by atoms with E-state index < -0.39 is 0 Å². The van der Waals surface area contributed by atoms with Crippen LogP contribution in [0.2, 0.25) is 0 Å². The van der Waals surface area contributed by atoms with Crippen LogP contribution >= 0.6 is 0 Å². The summed E-state index contributed by atoms with van der Waals surface area (Å²) in [4.78, 5) is 14.6. The zero-order chi connectivity index (χ0) is 19.3. The minimum absolute atomic E-state index is 0.0440. The molecule has 0 unspecified atom stereocenters. The lowest BCUT2D eigenvalue weighted by Crippen LogP contribution is -2.42. The Bertz CT molecular complexity index is 937. The highest BCUT2D eigenvalue weighted by Gasteiger charge is 2.26. The summed E-state index contributed by atoms with van der Waals surface area (Å²) in [7, 11) is 1.64. The Morgan fingerprint density at radius 1 is 1.21 bits per heavy atom. The first-order valence-electron chi connectivity index (χ1n) is 9.64. The molecule has 3 aromatic rings. The summed E-state index contributed by atoms with van der Waals surface area (Å²) in [5, 5.41) is 11.7. The zero-order valence-electron chi connectivity index (χ0n) is 16.0. The Kier molecular flexibility index (Phi) is 5.53. The molecule has 0 radical (unpaired) electrons. The molecule has 146 valence electrons. The molecule has 3 heterocycles. The summed E-state index contributed by atoms with van der Waals surface area (Å²) in [6.45, 7) is 2.69. The van der Waals surface area contributed by atoms with Crippen LogP contribution in [0.1, 0.15) is 30.1 Å². The Balaban J connectivity index is 1.32. The van der Waals surface area contributed by atoms with Crippen molar-refractivity contribution in [2.75, 3.05) is 26.7 Å². The van der Waals surface area contributed by atoms with Gasteiger partial charge in [-0.05, 0) is 49.2 Å². The molecule has 1 atom stereocenters. The van der Waals surface area contributed by atoms with Crippen molar-refractivity contribution in [3.8, 4) is 5.75 Å². The molecule has 0 spiro atoms. The van der Waals surface area contributed by atoms with E-state index >= 15 is 0 Å². The molecule has 0 saturated carbocycles. The van der Waals surface area contributed by atoms with Crippen molar-refractivity contribution >= 4 is 11.6 Å². The second kappa shape index (κ2) is 8.39. The largest absolute Gasteiger partial charge is 0.497 e. The number of piperidine rings is 1. The van der Waals surface area contributed by atoms with Crippen molar-refractivity contribution in [1.82, 2.24) is 24.8 Å². The lowest BCUT2D eigenvalue weighted by molar-refractivity contribution is -0.122. The molecule has 28 heavy (non-hydrogen) atoms. The highest BCUT2D eigenvalue weighted by atomic mass is 16.5. The number of carbonyl (C=O) groups is 1. The first-order valence-corrected chi connectivity index (χ1v) is 9.64. The predicted octanol–water partition coefficient (Wildman–Crippen LogP) is 2.23. The van der Waals surface area contributed by atoms with Gasteiger partial charge in [0.1, 0.15) is 11.6 Å². The van der Waals surface area contributed by atoms with E-state index in [2.05, 4.69) is 24.8 Å². The maximum Gasteiger partial charge on any atom is 0.234 e. The van der Waals surface area contributed by atoms with Crippen LogP contribution in [-0.2, 0) is 11.3 Å².